The maximum atomic E-state index is 12.4. The number of methoxy groups -OCH3 is 1. The molecule has 1 fully saturated rings. The number of hydrogen-bond acceptors (Lipinski definition) is 4. The molecular formula is C16H27NO4. The number of nitrogens with zero attached hydrogens (tertiary/aromatic N) is 1. The Labute approximate surface area is 127 Å². The summed E-state index contributed by atoms with van der Waals surface area (Å²) in [6.07, 6.45) is 4.55. The van der Waals surface area contributed by atoms with Gasteiger partial charge in [-0.3, -0.25) is 4.79 Å². The molecule has 0 spiro atoms. The standard InChI is InChI=1S/C16H27NO4/c1-6-9-12(14(18)20-5)13-10-7-8-11-17(13)15(19)21-16(2,3)4/h6,12-13H,1,7-11H2,2-5H3/t12-,13-/m0/s1. The molecule has 1 rings (SSSR count). The van der Waals surface area contributed by atoms with Crippen LogP contribution in [-0.4, -0.2) is 42.3 Å². The fourth-order valence-electron chi connectivity index (χ4n) is 2.66. The van der Waals surface area contributed by atoms with E-state index in [1.165, 1.54) is 7.11 Å². The van der Waals surface area contributed by atoms with Crippen molar-refractivity contribution in [1.29, 1.82) is 0 Å². The van der Waals surface area contributed by atoms with Crippen LogP contribution < -0.4 is 0 Å². The zero-order valence-corrected chi connectivity index (χ0v) is 13.6. The molecule has 1 aliphatic rings. The van der Waals surface area contributed by atoms with E-state index in [4.69, 9.17) is 9.47 Å². The predicted octanol–water partition coefficient (Wildman–Crippen LogP) is 3.14. The second kappa shape index (κ2) is 7.48. The highest BCUT2D eigenvalue weighted by Gasteiger charge is 2.38. The number of ether oxygens (including phenoxy) is 2. The van der Waals surface area contributed by atoms with Gasteiger partial charge in [-0.2, -0.15) is 0 Å². The first-order valence-electron chi connectivity index (χ1n) is 7.48. The highest BCUT2D eigenvalue weighted by molar-refractivity contribution is 5.75. The van der Waals surface area contributed by atoms with E-state index in [2.05, 4.69) is 6.58 Å². The van der Waals surface area contributed by atoms with Gasteiger partial charge >= 0.3 is 12.1 Å². The molecule has 120 valence electrons. The van der Waals surface area contributed by atoms with Crippen molar-refractivity contribution in [2.45, 2.75) is 58.1 Å². The Hall–Kier alpha value is -1.52. The summed E-state index contributed by atoms with van der Waals surface area (Å²) in [5, 5.41) is 0. The molecule has 0 N–H and O–H groups in total. The van der Waals surface area contributed by atoms with Crippen molar-refractivity contribution < 1.29 is 19.1 Å². The van der Waals surface area contributed by atoms with E-state index >= 15 is 0 Å². The third-order valence-electron chi connectivity index (χ3n) is 3.57. The van der Waals surface area contributed by atoms with Gasteiger partial charge in [-0.1, -0.05) is 6.08 Å². The van der Waals surface area contributed by atoms with Gasteiger partial charge in [0.05, 0.1) is 13.0 Å². The molecule has 0 bridgehead atoms. The van der Waals surface area contributed by atoms with Crippen LogP contribution in [0.25, 0.3) is 0 Å². The van der Waals surface area contributed by atoms with Crippen LogP contribution in [0.5, 0.6) is 0 Å². The number of likely N-dealkylation sites (tertiary alicyclic amines) is 1. The number of hydrogen-bond donors (Lipinski definition) is 0. The van der Waals surface area contributed by atoms with Gasteiger partial charge in [0.25, 0.3) is 0 Å². The van der Waals surface area contributed by atoms with Crippen LogP contribution in [0.15, 0.2) is 12.7 Å². The van der Waals surface area contributed by atoms with E-state index < -0.39 is 5.60 Å². The van der Waals surface area contributed by atoms with Crippen molar-refractivity contribution in [3.05, 3.63) is 12.7 Å². The van der Waals surface area contributed by atoms with Crippen LogP contribution in [0.2, 0.25) is 0 Å². The highest BCUT2D eigenvalue weighted by atomic mass is 16.6. The molecule has 0 saturated carbocycles. The molecule has 1 amide bonds. The van der Waals surface area contributed by atoms with Gasteiger partial charge in [-0.25, -0.2) is 4.79 Å². The maximum Gasteiger partial charge on any atom is 0.410 e. The topological polar surface area (TPSA) is 55.8 Å². The van der Waals surface area contributed by atoms with Crippen molar-refractivity contribution in [3.8, 4) is 0 Å². The van der Waals surface area contributed by atoms with Gasteiger partial charge in [0.1, 0.15) is 5.60 Å². The molecule has 5 nitrogen and oxygen atoms in total. The van der Waals surface area contributed by atoms with E-state index in [1.807, 2.05) is 20.8 Å². The molecule has 0 aromatic heterocycles. The first-order chi connectivity index (χ1) is 9.80. The minimum absolute atomic E-state index is 0.181. The zero-order valence-electron chi connectivity index (χ0n) is 13.6. The normalized spacial score (nSPS) is 20.6. The number of esters is 1. The number of amides is 1. The summed E-state index contributed by atoms with van der Waals surface area (Å²) in [6, 6.07) is -0.181. The maximum absolute atomic E-state index is 12.4. The lowest BCUT2D eigenvalue weighted by Crippen LogP contribution is -2.51. The minimum Gasteiger partial charge on any atom is -0.469 e. The molecular weight excluding hydrogens is 270 g/mol. The van der Waals surface area contributed by atoms with E-state index in [9.17, 15) is 9.59 Å². The SMILES string of the molecule is C=CC[C@H](C(=O)OC)[C@@H]1CCCCN1C(=O)OC(C)(C)C. The van der Waals surface area contributed by atoms with E-state index in [0.717, 1.165) is 19.3 Å². The molecule has 5 heteroatoms. The molecule has 0 unspecified atom stereocenters. The number of piperidine rings is 1. The molecule has 1 heterocycles. The van der Waals surface area contributed by atoms with E-state index in [-0.39, 0.29) is 24.0 Å². The van der Waals surface area contributed by atoms with Gasteiger partial charge in [-0.15, -0.1) is 6.58 Å². The Morgan fingerprint density at radius 3 is 2.57 bits per heavy atom. The Morgan fingerprint density at radius 2 is 2.05 bits per heavy atom. The summed E-state index contributed by atoms with van der Waals surface area (Å²) >= 11 is 0. The van der Waals surface area contributed by atoms with Gasteiger partial charge in [0.2, 0.25) is 0 Å². The molecule has 21 heavy (non-hydrogen) atoms. The average Bonchev–Trinajstić information content (AvgIpc) is 2.42. The fourth-order valence-corrected chi connectivity index (χ4v) is 2.66. The van der Waals surface area contributed by atoms with Crippen molar-refractivity contribution in [2.75, 3.05) is 13.7 Å². The van der Waals surface area contributed by atoms with E-state index in [0.29, 0.717) is 13.0 Å². The first-order valence-corrected chi connectivity index (χ1v) is 7.48. The largest absolute Gasteiger partial charge is 0.469 e. The van der Waals surface area contributed by atoms with Crippen molar-refractivity contribution in [2.24, 2.45) is 5.92 Å². The molecule has 1 aliphatic heterocycles. The summed E-state index contributed by atoms with van der Waals surface area (Å²) in [7, 11) is 1.37. The lowest BCUT2D eigenvalue weighted by Gasteiger charge is -2.39. The molecule has 0 radical (unpaired) electrons. The summed E-state index contributed by atoms with van der Waals surface area (Å²) in [5.74, 6) is -0.671. The summed E-state index contributed by atoms with van der Waals surface area (Å²) in [4.78, 5) is 26.1. The third-order valence-corrected chi connectivity index (χ3v) is 3.57. The van der Waals surface area contributed by atoms with Gasteiger partial charge in [-0.05, 0) is 46.5 Å². The second-order valence-electron chi connectivity index (χ2n) is 6.39. The number of allylic oxidation sites excluding steroid dienone is 1. The number of carbonyl (C=O) groups is 2. The van der Waals surface area contributed by atoms with Gasteiger partial charge in [0, 0.05) is 12.6 Å². The monoisotopic (exact) mass is 297 g/mol. The Kier molecular flexibility index (Phi) is 6.24. The van der Waals surface area contributed by atoms with Crippen LogP contribution >= 0.6 is 0 Å². The Balaban J connectivity index is 2.91. The molecule has 0 aromatic rings. The van der Waals surface area contributed by atoms with Crippen LogP contribution in [0.1, 0.15) is 46.5 Å². The lowest BCUT2D eigenvalue weighted by molar-refractivity contribution is -0.148. The van der Waals surface area contributed by atoms with Crippen LogP contribution in [0, 0.1) is 5.92 Å². The third kappa shape index (κ3) is 5.06. The van der Waals surface area contributed by atoms with Gasteiger partial charge in [0.15, 0.2) is 0 Å². The predicted molar refractivity (Wildman–Crippen MR) is 80.9 cm³/mol. The fraction of sp³-hybridized carbons (Fsp3) is 0.750. The summed E-state index contributed by atoms with van der Waals surface area (Å²) < 4.78 is 10.3. The van der Waals surface area contributed by atoms with Crippen LogP contribution in [0.4, 0.5) is 4.79 Å². The van der Waals surface area contributed by atoms with Crippen LogP contribution in [0.3, 0.4) is 0 Å². The molecule has 1 saturated heterocycles. The summed E-state index contributed by atoms with van der Waals surface area (Å²) in [5.41, 5.74) is -0.543. The molecule has 0 aliphatic carbocycles. The minimum atomic E-state index is -0.543. The Morgan fingerprint density at radius 1 is 1.38 bits per heavy atom. The first kappa shape index (κ1) is 17.5. The summed E-state index contributed by atoms with van der Waals surface area (Å²) in [6.45, 7) is 9.83. The van der Waals surface area contributed by atoms with Crippen molar-refractivity contribution >= 4 is 12.1 Å². The number of rotatable bonds is 4. The Bertz CT molecular complexity index is 386. The van der Waals surface area contributed by atoms with Crippen LogP contribution in [-0.2, 0) is 14.3 Å². The van der Waals surface area contributed by atoms with Gasteiger partial charge < -0.3 is 14.4 Å². The smallest absolute Gasteiger partial charge is 0.410 e. The second-order valence-corrected chi connectivity index (χ2v) is 6.39. The average molecular weight is 297 g/mol. The molecule has 2 atom stereocenters. The van der Waals surface area contributed by atoms with Crippen molar-refractivity contribution in [3.63, 3.8) is 0 Å². The quantitative estimate of drug-likeness (QED) is 0.591. The van der Waals surface area contributed by atoms with Crippen molar-refractivity contribution in [1.82, 2.24) is 4.90 Å². The van der Waals surface area contributed by atoms with E-state index in [1.54, 1.807) is 11.0 Å². The lowest BCUT2D eigenvalue weighted by atomic mass is 9.88. The highest BCUT2D eigenvalue weighted by Crippen LogP contribution is 2.28. The zero-order chi connectivity index (χ0) is 16.0. The number of carbonyl (C=O) groups excluding carboxylic acids is 2. The molecule has 0 aromatic carbocycles.